The summed E-state index contributed by atoms with van der Waals surface area (Å²) in [6, 6.07) is 3.45. The maximum atomic E-state index is 12.2. The van der Waals surface area contributed by atoms with Crippen LogP contribution in [0, 0.1) is 5.92 Å². The number of ether oxygens (including phenoxy) is 1. The van der Waals surface area contributed by atoms with E-state index in [9.17, 15) is 4.79 Å². The number of hydrogen-bond acceptors (Lipinski definition) is 6. The Morgan fingerprint density at radius 2 is 2.18 bits per heavy atom. The van der Waals surface area contributed by atoms with Gasteiger partial charge in [0.15, 0.2) is 0 Å². The molecule has 3 heterocycles. The van der Waals surface area contributed by atoms with Crippen LogP contribution >= 0.6 is 0 Å². The first-order valence-corrected chi connectivity index (χ1v) is 7.18. The number of hydrogen-bond donors (Lipinski definition) is 2. The third-order valence-corrected chi connectivity index (χ3v) is 3.73. The lowest BCUT2D eigenvalue weighted by atomic mass is 9.96. The Morgan fingerprint density at radius 3 is 2.86 bits per heavy atom. The maximum absolute atomic E-state index is 12.2. The molecule has 1 amide bonds. The summed E-state index contributed by atoms with van der Waals surface area (Å²) < 4.78 is 5.11. The van der Waals surface area contributed by atoms with Crippen molar-refractivity contribution in [2.24, 2.45) is 5.92 Å². The van der Waals surface area contributed by atoms with Gasteiger partial charge < -0.3 is 15.0 Å². The molecular formula is C14H18N6O2. The predicted molar refractivity (Wildman–Crippen MR) is 80.7 cm³/mol. The highest BCUT2D eigenvalue weighted by Gasteiger charge is 2.26. The molecule has 0 spiro atoms. The third kappa shape index (κ3) is 3.16. The van der Waals surface area contributed by atoms with Gasteiger partial charge in [0.2, 0.25) is 17.7 Å². The Morgan fingerprint density at radius 1 is 1.36 bits per heavy atom. The molecule has 1 saturated heterocycles. The molecule has 0 aromatic carbocycles. The van der Waals surface area contributed by atoms with Crippen molar-refractivity contribution < 1.29 is 9.53 Å². The number of nitrogens with one attached hydrogen (secondary N) is 2. The fraction of sp³-hybridized carbons (Fsp3) is 0.429. The van der Waals surface area contributed by atoms with Crippen molar-refractivity contribution in [1.29, 1.82) is 0 Å². The Bertz CT molecular complexity index is 622. The molecule has 3 rings (SSSR count). The van der Waals surface area contributed by atoms with Crippen LogP contribution in [0.4, 0.5) is 11.8 Å². The number of nitrogens with zero attached hydrogens (tertiary/aromatic N) is 4. The van der Waals surface area contributed by atoms with Gasteiger partial charge in [-0.25, -0.2) is 4.98 Å². The molecule has 2 aromatic heterocycles. The van der Waals surface area contributed by atoms with Crippen LogP contribution in [0.2, 0.25) is 0 Å². The van der Waals surface area contributed by atoms with E-state index in [1.807, 2.05) is 0 Å². The molecule has 2 aromatic rings. The summed E-state index contributed by atoms with van der Waals surface area (Å²) in [5.41, 5.74) is 0. The number of methoxy groups -OCH3 is 1. The average molecular weight is 302 g/mol. The van der Waals surface area contributed by atoms with Crippen molar-refractivity contribution in [3.8, 4) is 5.88 Å². The zero-order valence-corrected chi connectivity index (χ0v) is 12.3. The van der Waals surface area contributed by atoms with Crippen molar-refractivity contribution >= 4 is 17.7 Å². The quantitative estimate of drug-likeness (QED) is 0.877. The van der Waals surface area contributed by atoms with Crippen LogP contribution in [0.3, 0.4) is 0 Å². The van der Waals surface area contributed by atoms with Crippen molar-refractivity contribution in [2.75, 3.05) is 30.4 Å². The number of carbonyl (C=O) groups excluding carboxylic acids is 1. The number of anilines is 2. The summed E-state index contributed by atoms with van der Waals surface area (Å²) >= 11 is 0. The van der Waals surface area contributed by atoms with Gasteiger partial charge in [-0.15, -0.1) is 0 Å². The first kappa shape index (κ1) is 14.3. The fourth-order valence-electron chi connectivity index (χ4n) is 2.50. The summed E-state index contributed by atoms with van der Waals surface area (Å²) in [7, 11) is 1.58. The molecule has 0 aliphatic carbocycles. The smallest absolute Gasteiger partial charge is 0.228 e. The minimum atomic E-state index is -0.00911. The highest BCUT2D eigenvalue weighted by Crippen LogP contribution is 2.22. The van der Waals surface area contributed by atoms with E-state index >= 15 is 0 Å². The van der Waals surface area contributed by atoms with E-state index in [1.165, 1.54) is 0 Å². The van der Waals surface area contributed by atoms with E-state index in [2.05, 4.69) is 30.4 Å². The lowest BCUT2D eigenvalue weighted by molar-refractivity contribution is -0.120. The van der Waals surface area contributed by atoms with E-state index in [4.69, 9.17) is 4.74 Å². The van der Waals surface area contributed by atoms with Crippen LogP contribution in [0.5, 0.6) is 5.88 Å². The first-order valence-electron chi connectivity index (χ1n) is 7.18. The van der Waals surface area contributed by atoms with Gasteiger partial charge in [0.05, 0.1) is 13.3 Å². The maximum Gasteiger partial charge on any atom is 0.228 e. The zero-order valence-electron chi connectivity index (χ0n) is 12.3. The zero-order chi connectivity index (χ0) is 15.4. The largest absolute Gasteiger partial charge is 0.481 e. The van der Waals surface area contributed by atoms with Crippen molar-refractivity contribution in [2.45, 2.75) is 12.8 Å². The summed E-state index contributed by atoms with van der Waals surface area (Å²) in [6.07, 6.45) is 4.82. The molecule has 0 saturated carbocycles. The minimum absolute atomic E-state index is 0.00911. The van der Waals surface area contributed by atoms with Crippen LogP contribution in [-0.2, 0) is 4.79 Å². The predicted octanol–water partition coefficient (Wildman–Crippen LogP) is 1.06. The second kappa shape index (κ2) is 6.42. The van der Waals surface area contributed by atoms with Crippen LogP contribution in [0.15, 0.2) is 24.5 Å². The standard InChI is InChI=1S/C14H18N6O2/c1-22-12-3-6-15-14(18-12)20-8-4-10(5-9-20)13(21)17-11-2-7-16-19-11/h2-3,6-7,10H,4-5,8-9H2,1H3,(H2,16,17,19,21). The Balaban J connectivity index is 1.56. The van der Waals surface area contributed by atoms with E-state index < -0.39 is 0 Å². The molecule has 22 heavy (non-hydrogen) atoms. The number of piperidine rings is 1. The van der Waals surface area contributed by atoms with Crippen LogP contribution in [0.1, 0.15) is 12.8 Å². The molecule has 8 heteroatoms. The van der Waals surface area contributed by atoms with Gasteiger partial charge in [-0.1, -0.05) is 0 Å². The summed E-state index contributed by atoms with van der Waals surface area (Å²) in [5.74, 6) is 1.83. The van der Waals surface area contributed by atoms with Crippen LogP contribution in [0.25, 0.3) is 0 Å². The Kier molecular flexibility index (Phi) is 4.17. The van der Waals surface area contributed by atoms with Crippen LogP contribution < -0.4 is 15.0 Å². The van der Waals surface area contributed by atoms with Gasteiger partial charge >= 0.3 is 0 Å². The highest BCUT2D eigenvalue weighted by molar-refractivity contribution is 5.91. The molecule has 0 atom stereocenters. The van der Waals surface area contributed by atoms with Gasteiger partial charge in [-0.3, -0.25) is 9.89 Å². The number of carbonyl (C=O) groups is 1. The molecular weight excluding hydrogens is 284 g/mol. The van der Waals surface area contributed by atoms with Gasteiger partial charge in [0.25, 0.3) is 0 Å². The van der Waals surface area contributed by atoms with Crippen molar-refractivity contribution in [1.82, 2.24) is 20.2 Å². The molecule has 0 unspecified atom stereocenters. The van der Waals surface area contributed by atoms with Gasteiger partial charge in [-0.05, 0) is 12.8 Å². The van der Waals surface area contributed by atoms with Crippen molar-refractivity contribution in [3.05, 3.63) is 24.5 Å². The van der Waals surface area contributed by atoms with Gasteiger partial charge in [0, 0.05) is 37.3 Å². The molecule has 1 aliphatic rings. The number of aromatic amines is 1. The lowest BCUT2D eigenvalue weighted by Gasteiger charge is -2.31. The van der Waals surface area contributed by atoms with Gasteiger partial charge in [0.1, 0.15) is 5.82 Å². The third-order valence-electron chi connectivity index (χ3n) is 3.73. The first-order chi connectivity index (χ1) is 10.8. The van der Waals surface area contributed by atoms with E-state index in [1.54, 1.807) is 31.6 Å². The minimum Gasteiger partial charge on any atom is -0.481 e. The fourth-order valence-corrected chi connectivity index (χ4v) is 2.50. The normalized spacial score (nSPS) is 15.6. The molecule has 116 valence electrons. The molecule has 2 N–H and O–H groups in total. The Hall–Kier alpha value is -2.64. The van der Waals surface area contributed by atoms with E-state index in [0.29, 0.717) is 17.6 Å². The monoisotopic (exact) mass is 302 g/mol. The van der Waals surface area contributed by atoms with E-state index in [-0.39, 0.29) is 11.8 Å². The molecule has 8 nitrogen and oxygen atoms in total. The molecule has 0 bridgehead atoms. The Labute approximate surface area is 127 Å². The topological polar surface area (TPSA) is 96.0 Å². The number of amides is 1. The number of H-pyrrole nitrogens is 1. The van der Waals surface area contributed by atoms with Crippen molar-refractivity contribution in [3.63, 3.8) is 0 Å². The molecule has 0 radical (unpaired) electrons. The summed E-state index contributed by atoms with van der Waals surface area (Å²) in [5, 5.41) is 9.38. The second-order valence-electron chi connectivity index (χ2n) is 5.12. The number of rotatable bonds is 4. The molecule has 1 aliphatic heterocycles. The van der Waals surface area contributed by atoms with Gasteiger partial charge in [-0.2, -0.15) is 10.1 Å². The highest BCUT2D eigenvalue weighted by atomic mass is 16.5. The number of aromatic nitrogens is 4. The lowest BCUT2D eigenvalue weighted by Crippen LogP contribution is -2.39. The van der Waals surface area contributed by atoms with Crippen LogP contribution in [-0.4, -0.2) is 46.3 Å². The summed E-state index contributed by atoms with van der Waals surface area (Å²) in [6.45, 7) is 1.49. The SMILES string of the molecule is COc1ccnc(N2CCC(C(=O)Nc3ccn[nH]3)CC2)n1. The van der Waals surface area contributed by atoms with E-state index in [0.717, 1.165) is 25.9 Å². The summed E-state index contributed by atoms with van der Waals surface area (Å²) in [4.78, 5) is 22.8. The second-order valence-corrected chi connectivity index (χ2v) is 5.12. The average Bonchev–Trinajstić information content (AvgIpc) is 3.08. The molecule has 1 fully saturated rings.